The minimum atomic E-state index is 0. The molecule has 0 saturated carbocycles. The Bertz CT molecular complexity index is 62.6. The van der Waals surface area contributed by atoms with Crippen LogP contribution in [0.3, 0.4) is 0 Å². The quantitative estimate of drug-likeness (QED) is 0.626. The first-order valence-corrected chi connectivity index (χ1v) is 4.57. The molecule has 0 saturated heterocycles. The third kappa shape index (κ3) is 8.35. The third-order valence-corrected chi connectivity index (χ3v) is 1.97. The van der Waals surface area contributed by atoms with Gasteiger partial charge in [-0.15, -0.1) is 17.0 Å². The Balaban J connectivity index is 0. The fourth-order valence-electron chi connectivity index (χ4n) is 1.13. The highest BCUT2D eigenvalue weighted by Gasteiger charge is 1.95. The van der Waals surface area contributed by atoms with E-state index >= 15 is 0 Å². The predicted molar refractivity (Wildman–Crippen MR) is 57.6 cm³/mol. The molecule has 0 heterocycles. The Hall–Kier alpha value is 0.440. The van der Waals surface area contributed by atoms with E-state index in [0.29, 0.717) is 0 Å². The zero-order valence-corrected chi connectivity index (χ0v) is 9.81. The molecule has 2 heteroatoms. The average molecular weight is 224 g/mol. The molecule has 0 atom stereocenters. The fourth-order valence-corrected chi connectivity index (χ4v) is 1.13. The number of hydrogen-bond acceptors (Lipinski definition) is 1. The third-order valence-electron chi connectivity index (χ3n) is 1.97. The van der Waals surface area contributed by atoms with E-state index in [4.69, 9.17) is 0 Å². The number of halogens is 1. The molecule has 0 aliphatic heterocycles. The van der Waals surface area contributed by atoms with Crippen molar-refractivity contribution in [3.63, 3.8) is 0 Å². The van der Waals surface area contributed by atoms with Gasteiger partial charge in [0.15, 0.2) is 0 Å². The summed E-state index contributed by atoms with van der Waals surface area (Å²) in [6.07, 6.45) is 4.09. The smallest absolute Gasteiger partial charge is 0.00190 e. The summed E-state index contributed by atoms with van der Waals surface area (Å²) < 4.78 is 0. The van der Waals surface area contributed by atoms with Crippen molar-refractivity contribution in [2.24, 2.45) is 0 Å². The molecule has 0 fully saturated rings. The van der Waals surface area contributed by atoms with E-state index in [2.05, 4.69) is 25.7 Å². The first-order chi connectivity index (χ1) is 4.85. The molecule has 0 N–H and O–H groups in total. The van der Waals surface area contributed by atoms with E-state index in [1.54, 1.807) is 0 Å². The molecule has 11 heavy (non-hydrogen) atoms. The van der Waals surface area contributed by atoms with Crippen molar-refractivity contribution in [1.29, 1.82) is 0 Å². The molecular formula is C9H22BrN. The molecule has 0 aliphatic rings. The molecule has 0 spiro atoms. The normalized spacial score (nSPS) is 9.82. The molecule has 1 nitrogen and oxygen atoms in total. The van der Waals surface area contributed by atoms with Crippen molar-refractivity contribution in [2.45, 2.75) is 40.0 Å². The Morgan fingerprint density at radius 2 is 1.45 bits per heavy atom. The van der Waals surface area contributed by atoms with Gasteiger partial charge in [-0.05, 0) is 26.1 Å². The lowest BCUT2D eigenvalue weighted by Gasteiger charge is -2.16. The van der Waals surface area contributed by atoms with E-state index in [9.17, 15) is 0 Å². The first kappa shape index (κ1) is 14.0. The van der Waals surface area contributed by atoms with Gasteiger partial charge in [0.05, 0.1) is 0 Å². The molecule has 70 valence electrons. The maximum atomic E-state index is 2.48. The van der Waals surface area contributed by atoms with E-state index in [0.717, 1.165) is 0 Å². The van der Waals surface area contributed by atoms with E-state index in [1.807, 2.05) is 0 Å². The lowest BCUT2D eigenvalue weighted by atomic mass is 10.2. The summed E-state index contributed by atoms with van der Waals surface area (Å²) in [6, 6.07) is 0. The Kier molecular flexibility index (Phi) is 13.3. The van der Waals surface area contributed by atoms with Gasteiger partial charge in [-0.1, -0.05) is 33.6 Å². The molecule has 0 amide bonds. The molecule has 0 aliphatic carbocycles. The summed E-state index contributed by atoms with van der Waals surface area (Å²) in [5.41, 5.74) is 0. The average Bonchev–Trinajstić information content (AvgIpc) is 1.99. The van der Waals surface area contributed by atoms with E-state index in [1.165, 1.54) is 38.9 Å². The molecular weight excluding hydrogens is 202 g/mol. The Morgan fingerprint density at radius 1 is 0.909 bits per heavy atom. The van der Waals surface area contributed by atoms with Crippen LogP contribution >= 0.6 is 17.0 Å². The molecule has 0 aromatic carbocycles. The van der Waals surface area contributed by atoms with Gasteiger partial charge in [0.2, 0.25) is 0 Å². The largest absolute Gasteiger partial charge is 0.304 e. The van der Waals surface area contributed by atoms with Crippen LogP contribution in [0.1, 0.15) is 40.0 Å². The molecule has 0 unspecified atom stereocenters. The molecule has 0 bridgehead atoms. The number of unbranched alkanes of at least 4 members (excludes halogenated alkanes) is 2. The van der Waals surface area contributed by atoms with Gasteiger partial charge in [0.1, 0.15) is 0 Å². The van der Waals surface area contributed by atoms with Crippen LogP contribution in [-0.2, 0) is 0 Å². The standard InChI is InChI=1S/C9H21N.BrH/c1-4-7-8-9-10(5-2)6-3;/h4-9H2,1-3H3;1H. The molecule has 0 aromatic rings. The Morgan fingerprint density at radius 3 is 1.82 bits per heavy atom. The highest BCUT2D eigenvalue weighted by Crippen LogP contribution is 1.96. The summed E-state index contributed by atoms with van der Waals surface area (Å²) in [4.78, 5) is 2.48. The van der Waals surface area contributed by atoms with Crippen molar-refractivity contribution < 1.29 is 0 Å². The van der Waals surface area contributed by atoms with Gasteiger partial charge in [0.25, 0.3) is 0 Å². The van der Waals surface area contributed by atoms with Crippen LogP contribution in [0, 0.1) is 0 Å². The zero-order valence-electron chi connectivity index (χ0n) is 8.10. The first-order valence-electron chi connectivity index (χ1n) is 4.57. The topological polar surface area (TPSA) is 3.24 Å². The summed E-state index contributed by atoms with van der Waals surface area (Å²) in [5.74, 6) is 0. The van der Waals surface area contributed by atoms with Gasteiger partial charge < -0.3 is 4.90 Å². The fraction of sp³-hybridized carbons (Fsp3) is 1.00. The second-order valence-electron chi connectivity index (χ2n) is 2.73. The molecule has 0 radical (unpaired) electrons. The minimum absolute atomic E-state index is 0. The van der Waals surface area contributed by atoms with Crippen LogP contribution in [0.15, 0.2) is 0 Å². The van der Waals surface area contributed by atoms with Gasteiger partial charge in [-0.3, -0.25) is 0 Å². The van der Waals surface area contributed by atoms with E-state index in [-0.39, 0.29) is 17.0 Å². The van der Waals surface area contributed by atoms with Gasteiger partial charge in [0, 0.05) is 0 Å². The van der Waals surface area contributed by atoms with Crippen LogP contribution in [0.2, 0.25) is 0 Å². The van der Waals surface area contributed by atoms with Crippen LogP contribution < -0.4 is 0 Å². The predicted octanol–water partition coefficient (Wildman–Crippen LogP) is 3.10. The summed E-state index contributed by atoms with van der Waals surface area (Å²) in [7, 11) is 0. The number of rotatable bonds is 6. The van der Waals surface area contributed by atoms with Gasteiger partial charge in [-0.25, -0.2) is 0 Å². The lowest BCUT2D eigenvalue weighted by molar-refractivity contribution is 0.296. The molecule has 0 rings (SSSR count). The van der Waals surface area contributed by atoms with Crippen molar-refractivity contribution in [3.8, 4) is 0 Å². The summed E-state index contributed by atoms with van der Waals surface area (Å²) in [5, 5.41) is 0. The maximum Gasteiger partial charge on any atom is -0.00190 e. The van der Waals surface area contributed by atoms with Crippen LogP contribution in [0.4, 0.5) is 0 Å². The molecule has 0 aromatic heterocycles. The highest BCUT2D eigenvalue weighted by molar-refractivity contribution is 8.93. The lowest BCUT2D eigenvalue weighted by Crippen LogP contribution is -2.23. The van der Waals surface area contributed by atoms with Gasteiger partial charge in [-0.2, -0.15) is 0 Å². The maximum absolute atomic E-state index is 2.48. The summed E-state index contributed by atoms with van der Waals surface area (Å²) in [6.45, 7) is 10.4. The van der Waals surface area contributed by atoms with Gasteiger partial charge >= 0.3 is 0 Å². The Labute approximate surface area is 81.9 Å². The zero-order chi connectivity index (χ0) is 7.82. The van der Waals surface area contributed by atoms with Crippen molar-refractivity contribution in [3.05, 3.63) is 0 Å². The number of hydrogen-bond donors (Lipinski definition) is 0. The minimum Gasteiger partial charge on any atom is -0.304 e. The summed E-state index contributed by atoms with van der Waals surface area (Å²) >= 11 is 0. The van der Waals surface area contributed by atoms with E-state index < -0.39 is 0 Å². The highest BCUT2D eigenvalue weighted by atomic mass is 79.9. The second kappa shape index (κ2) is 10.4. The van der Waals surface area contributed by atoms with Crippen molar-refractivity contribution >= 4 is 17.0 Å². The van der Waals surface area contributed by atoms with Crippen molar-refractivity contribution in [1.82, 2.24) is 4.90 Å². The van der Waals surface area contributed by atoms with Crippen LogP contribution in [-0.4, -0.2) is 24.5 Å². The van der Waals surface area contributed by atoms with Crippen molar-refractivity contribution in [2.75, 3.05) is 19.6 Å². The van der Waals surface area contributed by atoms with Crippen LogP contribution in [0.5, 0.6) is 0 Å². The number of nitrogens with zero attached hydrogens (tertiary/aromatic N) is 1. The van der Waals surface area contributed by atoms with Crippen LogP contribution in [0.25, 0.3) is 0 Å². The SMILES string of the molecule is Br.CCCCCN(CC)CC. The second-order valence-corrected chi connectivity index (χ2v) is 2.73. The monoisotopic (exact) mass is 223 g/mol.